The van der Waals surface area contributed by atoms with Crippen LogP contribution in [0.4, 0.5) is 5.88 Å². The molecule has 1 aromatic rings. The lowest BCUT2D eigenvalue weighted by Gasteiger charge is -2.01. The fourth-order valence-corrected chi connectivity index (χ4v) is 0.733. The van der Waals surface area contributed by atoms with Crippen molar-refractivity contribution in [2.45, 2.75) is 6.04 Å². The van der Waals surface area contributed by atoms with Gasteiger partial charge in [-0.15, -0.1) is 6.58 Å². The molecule has 10 heavy (non-hydrogen) atoms. The van der Waals surface area contributed by atoms with E-state index in [1.165, 1.54) is 6.26 Å². The lowest BCUT2D eigenvalue weighted by atomic mass is 10.1. The second kappa shape index (κ2) is 2.58. The minimum Gasteiger partial charge on any atom is -0.449 e. The smallest absolute Gasteiger partial charge is 0.195 e. The van der Waals surface area contributed by atoms with Crippen molar-refractivity contribution in [3.05, 3.63) is 30.5 Å². The standard InChI is InChI=1S/C7H10N2O/c1-2-6(8)5-3-4-10-7(5)9/h2-4,6H,1,8-9H2/t6-/m1/s1. The van der Waals surface area contributed by atoms with Gasteiger partial charge in [0.15, 0.2) is 5.88 Å². The topological polar surface area (TPSA) is 65.2 Å². The van der Waals surface area contributed by atoms with Crippen LogP contribution in [0, 0.1) is 0 Å². The van der Waals surface area contributed by atoms with Gasteiger partial charge in [-0.25, -0.2) is 0 Å². The van der Waals surface area contributed by atoms with Crippen LogP contribution in [-0.2, 0) is 0 Å². The molecule has 0 fully saturated rings. The van der Waals surface area contributed by atoms with Gasteiger partial charge in [0.2, 0.25) is 0 Å². The van der Waals surface area contributed by atoms with Gasteiger partial charge in [-0.2, -0.15) is 0 Å². The zero-order valence-electron chi connectivity index (χ0n) is 5.58. The molecule has 0 aliphatic rings. The molecule has 3 nitrogen and oxygen atoms in total. The summed E-state index contributed by atoms with van der Waals surface area (Å²) in [5, 5.41) is 0. The summed E-state index contributed by atoms with van der Waals surface area (Å²) in [5.74, 6) is 0.368. The van der Waals surface area contributed by atoms with Crippen LogP contribution in [0.15, 0.2) is 29.4 Å². The summed E-state index contributed by atoms with van der Waals surface area (Å²) >= 11 is 0. The highest BCUT2D eigenvalue weighted by molar-refractivity contribution is 5.39. The van der Waals surface area contributed by atoms with Crippen molar-refractivity contribution in [1.29, 1.82) is 0 Å². The highest BCUT2D eigenvalue weighted by Gasteiger charge is 2.06. The van der Waals surface area contributed by atoms with Crippen molar-refractivity contribution in [1.82, 2.24) is 0 Å². The molecule has 1 aromatic heterocycles. The Balaban J connectivity index is 2.92. The van der Waals surface area contributed by atoms with E-state index in [0.717, 1.165) is 5.56 Å². The number of furan rings is 1. The van der Waals surface area contributed by atoms with Crippen molar-refractivity contribution in [3.8, 4) is 0 Å². The Hall–Kier alpha value is -1.22. The van der Waals surface area contributed by atoms with Crippen molar-refractivity contribution >= 4 is 5.88 Å². The second-order valence-corrected chi connectivity index (χ2v) is 2.00. The largest absolute Gasteiger partial charge is 0.449 e. The van der Waals surface area contributed by atoms with Gasteiger partial charge in [0, 0.05) is 5.56 Å². The Kier molecular flexibility index (Phi) is 1.78. The van der Waals surface area contributed by atoms with E-state index in [0.29, 0.717) is 5.88 Å². The molecule has 0 amide bonds. The SMILES string of the molecule is C=C[C@@H](N)c1ccoc1N. The first-order valence-corrected chi connectivity index (χ1v) is 2.96. The molecule has 3 heteroatoms. The third-order valence-electron chi connectivity index (χ3n) is 1.34. The predicted octanol–water partition coefficient (Wildman–Crippen LogP) is 1.05. The van der Waals surface area contributed by atoms with Crippen LogP contribution >= 0.6 is 0 Å². The number of anilines is 1. The molecule has 0 aliphatic carbocycles. The molecule has 4 N–H and O–H groups in total. The molecule has 54 valence electrons. The minimum absolute atomic E-state index is 0.223. The summed E-state index contributed by atoms with van der Waals surface area (Å²) in [4.78, 5) is 0. The van der Waals surface area contributed by atoms with E-state index >= 15 is 0 Å². The van der Waals surface area contributed by atoms with Crippen LogP contribution in [-0.4, -0.2) is 0 Å². The molecule has 0 bridgehead atoms. The molecule has 0 aromatic carbocycles. The Labute approximate surface area is 59.3 Å². The summed E-state index contributed by atoms with van der Waals surface area (Å²) in [7, 11) is 0. The molecule has 0 saturated carbocycles. The molecule has 0 unspecified atom stereocenters. The highest BCUT2D eigenvalue weighted by Crippen LogP contribution is 2.19. The van der Waals surface area contributed by atoms with E-state index in [9.17, 15) is 0 Å². The van der Waals surface area contributed by atoms with Crippen LogP contribution in [0.3, 0.4) is 0 Å². The van der Waals surface area contributed by atoms with Crippen molar-refractivity contribution < 1.29 is 4.42 Å². The molecular weight excluding hydrogens is 128 g/mol. The van der Waals surface area contributed by atoms with Crippen LogP contribution in [0.25, 0.3) is 0 Å². The van der Waals surface area contributed by atoms with Gasteiger partial charge in [-0.05, 0) is 6.07 Å². The first kappa shape index (κ1) is 6.89. The average Bonchev–Trinajstić information content (AvgIpc) is 2.34. The molecule has 1 atom stereocenters. The maximum absolute atomic E-state index is 5.58. The van der Waals surface area contributed by atoms with Crippen molar-refractivity contribution in [2.24, 2.45) is 5.73 Å². The van der Waals surface area contributed by atoms with Gasteiger partial charge in [0.1, 0.15) is 0 Å². The van der Waals surface area contributed by atoms with Crippen molar-refractivity contribution in [3.63, 3.8) is 0 Å². The van der Waals surface area contributed by atoms with E-state index in [-0.39, 0.29) is 6.04 Å². The number of hydrogen-bond acceptors (Lipinski definition) is 3. The summed E-state index contributed by atoms with van der Waals surface area (Å²) in [6.07, 6.45) is 3.12. The van der Waals surface area contributed by atoms with Gasteiger partial charge in [-0.3, -0.25) is 0 Å². The molecule has 1 heterocycles. The molecular formula is C7H10N2O. The first-order valence-electron chi connectivity index (χ1n) is 2.96. The first-order chi connectivity index (χ1) is 4.75. The summed E-state index contributed by atoms with van der Waals surface area (Å²) in [6, 6.07) is 1.51. The van der Waals surface area contributed by atoms with E-state index in [4.69, 9.17) is 15.9 Å². The molecule has 1 rings (SSSR count). The minimum atomic E-state index is -0.223. The molecule has 0 radical (unpaired) electrons. The fourth-order valence-electron chi connectivity index (χ4n) is 0.733. The quantitative estimate of drug-likeness (QED) is 0.600. The second-order valence-electron chi connectivity index (χ2n) is 2.00. The van der Waals surface area contributed by atoms with Crippen LogP contribution < -0.4 is 11.5 Å². The van der Waals surface area contributed by atoms with Gasteiger partial charge in [-0.1, -0.05) is 6.08 Å². The Morgan fingerprint density at radius 2 is 2.40 bits per heavy atom. The van der Waals surface area contributed by atoms with Gasteiger partial charge in [0.25, 0.3) is 0 Å². The van der Waals surface area contributed by atoms with E-state index in [1.807, 2.05) is 0 Å². The zero-order valence-corrected chi connectivity index (χ0v) is 5.58. The lowest BCUT2D eigenvalue weighted by Crippen LogP contribution is -2.07. The van der Waals surface area contributed by atoms with Gasteiger partial charge >= 0.3 is 0 Å². The van der Waals surface area contributed by atoms with Gasteiger partial charge < -0.3 is 15.9 Å². The number of nitrogens with two attached hydrogens (primary N) is 2. The summed E-state index contributed by atoms with van der Waals surface area (Å²) in [6.45, 7) is 3.54. The normalized spacial score (nSPS) is 12.9. The van der Waals surface area contributed by atoms with E-state index < -0.39 is 0 Å². The Morgan fingerprint density at radius 3 is 2.80 bits per heavy atom. The molecule has 0 spiro atoms. The number of hydrogen-bond donors (Lipinski definition) is 2. The maximum atomic E-state index is 5.58. The predicted molar refractivity (Wildman–Crippen MR) is 40.2 cm³/mol. The monoisotopic (exact) mass is 138 g/mol. The average molecular weight is 138 g/mol. The number of nitrogen functional groups attached to an aromatic ring is 1. The maximum Gasteiger partial charge on any atom is 0.195 e. The lowest BCUT2D eigenvalue weighted by molar-refractivity contribution is 0.584. The van der Waals surface area contributed by atoms with Crippen LogP contribution in [0.5, 0.6) is 0 Å². The molecule has 0 aliphatic heterocycles. The fraction of sp³-hybridized carbons (Fsp3) is 0.143. The zero-order chi connectivity index (χ0) is 7.56. The summed E-state index contributed by atoms with van der Waals surface area (Å²) < 4.78 is 4.84. The third-order valence-corrected chi connectivity index (χ3v) is 1.34. The van der Waals surface area contributed by atoms with E-state index in [1.54, 1.807) is 12.1 Å². The Bertz CT molecular complexity index is 229. The summed E-state index contributed by atoms with van der Waals surface area (Å²) in [5.41, 5.74) is 11.8. The highest BCUT2D eigenvalue weighted by atomic mass is 16.3. The van der Waals surface area contributed by atoms with Crippen molar-refractivity contribution in [2.75, 3.05) is 5.73 Å². The molecule has 0 saturated heterocycles. The Morgan fingerprint density at radius 1 is 1.70 bits per heavy atom. The number of rotatable bonds is 2. The van der Waals surface area contributed by atoms with Gasteiger partial charge in [0.05, 0.1) is 12.3 Å². The van der Waals surface area contributed by atoms with Crippen LogP contribution in [0.2, 0.25) is 0 Å². The van der Waals surface area contributed by atoms with Crippen LogP contribution in [0.1, 0.15) is 11.6 Å². The van der Waals surface area contributed by atoms with E-state index in [2.05, 4.69) is 6.58 Å². The third kappa shape index (κ3) is 1.04.